The molecule has 0 radical (unpaired) electrons. The van der Waals surface area contributed by atoms with Gasteiger partial charge in [0.2, 0.25) is 5.91 Å². The Morgan fingerprint density at radius 2 is 2.15 bits per heavy atom. The van der Waals surface area contributed by atoms with E-state index in [4.69, 9.17) is 0 Å². The number of rotatable bonds is 5. The van der Waals surface area contributed by atoms with Crippen LogP contribution in [0.25, 0.3) is 0 Å². The van der Waals surface area contributed by atoms with Gasteiger partial charge in [0, 0.05) is 19.1 Å². The van der Waals surface area contributed by atoms with Gasteiger partial charge in [-0.2, -0.15) is 0 Å². The molecule has 2 N–H and O–H groups in total. The van der Waals surface area contributed by atoms with E-state index in [0.717, 1.165) is 19.5 Å². The highest BCUT2D eigenvalue weighted by Gasteiger charge is 2.23. The molecular formula is C16H24N2O2. The van der Waals surface area contributed by atoms with E-state index in [2.05, 4.69) is 34.5 Å². The number of hydrogen-bond donors (Lipinski definition) is 2. The summed E-state index contributed by atoms with van der Waals surface area (Å²) >= 11 is 0. The van der Waals surface area contributed by atoms with Crippen LogP contribution in [0.1, 0.15) is 31.7 Å². The molecule has 1 amide bonds. The van der Waals surface area contributed by atoms with Crippen molar-refractivity contribution in [1.29, 1.82) is 0 Å². The van der Waals surface area contributed by atoms with E-state index in [1.54, 1.807) is 0 Å². The van der Waals surface area contributed by atoms with Gasteiger partial charge in [0.05, 0.1) is 0 Å². The molecule has 4 heteroatoms. The summed E-state index contributed by atoms with van der Waals surface area (Å²) in [6, 6.07) is 10.8. The summed E-state index contributed by atoms with van der Waals surface area (Å²) in [7, 11) is 0. The first-order valence-corrected chi connectivity index (χ1v) is 7.40. The van der Waals surface area contributed by atoms with Crippen molar-refractivity contribution >= 4 is 5.91 Å². The van der Waals surface area contributed by atoms with E-state index in [1.807, 2.05) is 6.07 Å². The summed E-state index contributed by atoms with van der Waals surface area (Å²) in [6.45, 7) is 4.12. The van der Waals surface area contributed by atoms with Gasteiger partial charge in [0.1, 0.15) is 6.10 Å². The number of carbonyl (C=O) groups is 1. The minimum atomic E-state index is -0.929. The second kappa shape index (κ2) is 7.41. The summed E-state index contributed by atoms with van der Waals surface area (Å²) in [5, 5.41) is 12.1. The van der Waals surface area contributed by atoms with Crippen molar-refractivity contribution in [3.63, 3.8) is 0 Å². The fourth-order valence-corrected chi connectivity index (χ4v) is 2.68. The number of carbonyl (C=O) groups excluding carboxylic acids is 1. The third-order valence-corrected chi connectivity index (χ3v) is 3.87. The second-order valence-electron chi connectivity index (χ2n) is 5.53. The molecule has 0 spiro atoms. The Bertz CT molecular complexity index is 420. The molecule has 1 aromatic carbocycles. The number of aliphatic hydroxyl groups excluding tert-OH is 1. The van der Waals surface area contributed by atoms with Gasteiger partial charge in [-0.3, -0.25) is 9.69 Å². The molecule has 1 saturated heterocycles. The first kappa shape index (κ1) is 15.0. The van der Waals surface area contributed by atoms with Crippen LogP contribution in [0.15, 0.2) is 30.3 Å². The number of nitrogens with zero attached hydrogens (tertiary/aromatic N) is 1. The molecule has 0 aliphatic carbocycles. The molecule has 1 aromatic rings. The van der Waals surface area contributed by atoms with E-state index in [9.17, 15) is 9.90 Å². The Labute approximate surface area is 120 Å². The second-order valence-corrected chi connectivity index (χ2v) is 5.53. The largest absolute Gasteiger partial charge is 0.384 e. The summed E-state index contributed by atoms with van der Waals surface area (Å²) < 4.78 is 0. The molecule has 0 saturated carbocycles. The Morgan fingerprint density at radius 3 is 2.85 bits per heavy atom. The number of amides is 1. The van der Waals surface area contributed by atoms with E-state index in [1.165, 1.54) is 25.3 Å². The van der Waals surface area contributed by atoms with Crippen LogP contribution in [0.5, 0.6) is 0 Å². The lowest BCUT2D eigenvalue weighted by molar-refractivity contribution is -0.128. The lowest BCUT2D eigenvalue weighted by Crippen LogP contribution is -2.47. The van der Waals surface area contributed by atoms with Crippen LogP contribution in [0.4, 0.5) is 0 Å². The van der Waals surface area contributed by atoms with E-state index in [-0.39, 0.29) is 5.91 Å². The maximum Gasteiger partial charge on any atom is 0.248 e. The molecule has 0 aromatic heterocycles. The fourth-order valence-electron chi connectivity index (χ4n) is 2.68. The number of piperidine rings is 1. The third kappa shape index (κ3) is 4.32. The molecule has 20 heavy (non-hydrogen) atoms. The maximum absolute atomic E-state index is 11.5. The summed E-state index contributed by atoms with van der Waals surface area (Å²) in [6.07, 6.45) is 2.60. The van der Waals surface area contributed by atoms with Gasteiger partial charge in [-0.05, 0) is 31.9 Å². The summed E-state index contributed by atoms with van der Waals surface area (Å²) in [4.78, 5) is 13.9. The predicted octanol–water partition coefficient (Wildman–Crippen LogP) is 1.54. The first-order valence-electron chi connectivity index (χ1n) is 7.40. The zero-order valence-corrected chi connectivity index (χ0v) is 12.1. The zero-order valence-electron chi connectivity index (χ0n) is 12.1. The highest BCUT2D eigenvalue weighted by Crippen LogP contribution is 2.19. The van der Waals surface area contributed by atoms with Crippen molar-refractivity contribution in [2.75, 3.05) is 13.1 Å². The zero-order chi connectivity index (χ0) is 14.4. The molecule has 110 valence electrons. The average Bonchev–Trinajstić information content (AvgIpc) is 2.47. The molecule has 2 rings (SSSR count). The van der Waals surface area contributed by atoms with E-state index < -0.39 is 6.10 Å². The van der Waals surface area contributed by atoms with Crippen molar-refractivity contribution in [2.24, 2.45) is 0 Å². The SMILES string of the molecule is CC(O)C(=O)NCC1CCCCN1Cc1ccccc1. The van der Waals surface area contributed by atoms with Crippen molar-refractivity contribution < 1.29 is 9.90 Å². The fraction of sp³-hybridized carbons (Fsp3) is 0.562. The van der Waals surface area contributed by atoms with Gasteiger partial charge in [-0.15, -0.1) is 0 Å². The normalized spacial score (nSPS) is 21.4. The molecule has 1 aliphatic heterocycles. The molecule has 2 atom stereocenters. The molecule has 0 bridgehead atoms. The molecule has 2 unspecified atom stereocenters. The summed E-state index contributed by atoms with van der Waals surface area (Å²) in [5.74, 6) is -0.282. The van der Waals surface area contributed by atoms with Gasteiger partial charge in [-0.25, -0.2) is 0 Å². The topological polar surface area (TPSA) is 52.6 Å². The predicted molar refractivity (Wildman–Crippen MR) is 79.2 cm³/mol. The van der Waals surface area contributed by atoms with Crippen molar-refractivity contribution in [3.8, 4) is 0 Å². The van der Waals surface area contributed by atoms with Crippen molar-refractivity contribution in [2.45, 2.75) is 44.9 Å². The molecule has 1 heterocycles. The Balaban J connectivity index is 1.90. The average molecular weight is 276 g/mol. The van der Waals surface area contributed by atoms with Crippen molar-refractivity contribution in [1.82, 2.24) is 10.2 Å². The Morgan fingerprint density at radius 1 is 1.40 bits per heavy atom. The number of likely N-dealkylation sites (tertiary alicyclic amines) is 1. The Hall–Kier alpha value is -1.39. The van der Waals surface area contributed by atoms with Crippen LogP contribution in [-0.4, -0.2) is 41.1 Å². The van der Waals surface area contributed by atoms with Crippen LogP contribution in [0.3, 0.4) is 0 Å². The minimum absolute atomic E-state index is 0.282. The van der Waals surface area contributed by atoms with E-state index in [0.29, 0.717) is 12.6 Å². The van der Waals surface area contributed by atoms with Crippen LogP contribution < -0.4 is 5.32 Å². The Kier molecular flexibility index (Phi) is 5.56. The maximum atomic E-state index is 11.5. The highest BCUT2D eigenvalue weighted by atomic mass is 16.3. The lowest BCUT2D eigenvalue weighted by Gasteiger charge is -2.36. The highest BCUT2D eigenvalue weighted by molar-refractivity contribution is 5.79. The van der Waals surface area contributed by atoms with Crippen molar-refractivity contribution in [3.05, 3.63) is 35.9 Å². The lowest BCUT2D eigenvalue weighted by atomic mass is 10.0. The number of benzene rings is 1. The molecule has 1 aliphatic rings. The molecule has 4 nitrogen and oxygen atoms in total. The molecule has 1 fully saturated rings. The van der Waals surface area contributed by atoms with Crippen LogP contribution in [0.2, 0.25) is 0 Å². The van der Waals surface area contributed by atoms with E-state index >= 15 is 0 Å². The number of aliphatic hydroxyl groups is 1. The number of hydrogen-bond acceptors (Lipinski definition) is 3. The third-order valence-electron chi connectivity index (χ3n) is 3.87. The minimum Gasteiger partial charge on any atom is -0.384 e. The quantitative estimate of drug-likeness (QED) is 0.857. The van der Waals surface area contributed by atoms with Crippen LogP contribution in [0, 0.1) is 0 Å². The van der Waals surface area contributed by atoms with Gasteiger partial charge in [-0.1, -0.05) is 36.8 Å². The van der Waals surface area contributed by atoms with Gasteiger partial charge in [0.15, 0.2) is 0 Å². The molecular weight excluding hydrogens is 252 g/mol. The monoisotopic (exact) mass is 276 g/mol. The van der Waals surface area contributed by atoms with Crippen LogP contribution >= 0.6 is 0 Å². The van der Waals surface area contributed by atoms with Gasteiger partial charge < -0.3 is 10.4 Å². The first-order chi connectivity index (χ1) is 9.66. The van der Waals surface area contributed by atoms with Crippen LogP contribution in [-0.2, 0) is 11.3 Å². The number of nitrogens with one attached hydrogen (secondary N) is 1. The van der Waals surface area contributed by atoms with Gasteiger partial charge >= 0.3 is 0 Å². The smallest absolute Gasteiger partial charge is 0.248 e. The van der Waals surface area contributed by atoms with Gasteiger partial charge in [0.25, 0.3) is 0 Å². The summed E-state index contributed by atoms with van der Waals surface area (Å²) in [5.41, 5.74) is 1.31. The standard InChI is InChI=1S/C16H24N2O2/c1-13(19)16(20)17-11-15-9-5-6-10-18(15)12-14-7-3-2-4-8-14/h2-4,7-8,13,15,19H,5-6,9-12H2,1H3,(H,17,20).